The van der Waals surface area contributed by atoms with Gasteiger partial charge in [-0.25, -0.2) is 9.67 Å². The van der Waals surface area contributed by atoms with Gasteiger partial charge >= 0.3 is 0 Å². The standard InChI is InChI=1S/C10H18N4S/c1-3-6-15-7-5-11-8-10-12-9-13-14(10)4-2/h3,9,11H,1,4-8H2,2H3. The predicted octanol–water partition coefficient (Wildman–Crippen LogP) is 1.31. The summed E-state index contributed by atoms with van der Waals surface area (Å²) in [4.78, 5) is 4.19. The fourth-order valence-corrected chi connectivity index (χ4v) is 1.82. The van der Waals surface area contributed by atoms with Crippen molar-refractivity contribution < 1.29 is 0 Å². The molecule has 0 aliphatic rings. The Morgan fingerprint density at radius 2 is 2.53 bits per heavy atom. The van der Waals surface area contributed by atoms with Crippen LogP contribution in [0.3, 0.4) is 0 Å². The summed E-state index contributed by atoms with van der Waals surface area (Å²) in [5.74, 6) is 3.13. The van der Waals surface area contributed by atoms with Gasteiger partial charge < -0.3 is 5.32 Å². The van der Waals surface area contributed by atoms with E-state index in [4.69, 9.17) is 0 Å². The SMILES string of the molecule is C=CCSCCNCc1ncnn1CC. The van der Waals surface area contributed by atoms with Crippen molar-refractivity contribution in [2.75, 3.05) is 18.1 Å². The maximum Gasteiger partial charge on any atom is 0.140 e. The summed E-state index contributed by atoms with van der Waals surface area (Å²) < 4.78 is 1.91. The second-order valence-corrected chi connectivity index (χ2v) is 4.18. The van der Waals surface area contributed by atoms with Crippen LogP contribution in [0.4, 0.5) is 0 Å². The largest absolute Gasteiger partial charge is 0.309 e. The van der Waals surface area contributed by atoms with Crippen LogP contribution >= 0.6 is 11.8 Å². The molecule has 15 heavy (non-hydrogen) atoms. The van der Waals surface area contributed by atoms with Crippen LogP contribution in [-0.2, 0) is 13.1 Å². The first-order chi connectivity index (χ1) is 7.38. The molecular weight excluding hydrogens is 208 g/mol. The second-order valence-electron chi connectivity index (χ2n) is 3.03. The number of nitrogens with zero attached hydrogens (tertiary/aromatic N) is 3. The molecule has 1 N–H and O–H groups in total. The lowest BCUT2D eigenvalue weighted by molar-refractivity contribution is 0.582. The third-order valence-electron chi connectivity index (χ3n) is 1.94. The Morgan fingerprint density at radius 1 is 1.67 bits per heavy atom. The van der Waals surface area contributed by atoms with E-state index >= 15 is 0 Å². The molecule has 1 rings (SSSR count). The first kappa shape index (κ1) is 12.3. The molecule has 1 aromatic heterocycles. The molecule has 0 aliphatic carbocycles. The number of thioether (sulfide) groups is 1. The van der Waals surface area contributed by atoms with Gasteiger partial charge in [0.25, 0.3) is 0 Å². The van der Waals surface area contributed by atoms with Crippen LogP contribution < -0.4 is 5.32 Å². The highest BCUT2D eigenvalue weighted by atomic mass is 32.2. The maximum atomic E-state index is 4.19. The summed E-state index contributed by atoms with van der Waals surface area (Å²) in [6.45, 7) is 8.41. The van der Waals surface area contributed by atoms with Gasteiger partial charge in [0.2, 0.25) is 0 Å². The van der Waals surface area contributed by atoms with Gasteiger partial charge in [0.1, 0.15) is 12.2 Å². The molecule has 0 saturated carbocycles. The molecule has 0 aromatic carbocycles. The Balaban J connectivity index is 2.12. The highest BCUT2D eigenvalue weighted by Gasteiger charge is 2.00. The van der Waals surface area contributed by atoms with E-state index in [1.54, 1.807) is 6.33 Å². The highest BCUT2D eigenvalue weighted by Crippen LogP contribution is 1.98. The number of hydrogen-bond donors (Lipinski definition) is 1. The van der Waals surface area contributed by atoms with Gasteiger partial charge in [-0.3, -0.25) is 0 Å². The minimum atomic E-state index is 0.794. The molecule has 84 valence electrons. The van der Waals surface area contributed by atoms with Crippen molar-refractivity contribution in [2.24, 2.45) is 0 Å². The van der Waals surface area contributed by atoms with Crippen LogP contribution in [0.25, 0.3) is 0 Å². The van der Waals surface area contributed by atoms with Crippen LogP contribution in [0, 0.1) is 0 Å². The smallest absolute Gasteiger partial charge is 0.140 e. The van der Waals surface area contributed by atoms with Crippen LogP contribution in [0.15, 0.2) is 19.0 Å². The summed E-state index contributed by atoms with van der Waals surface area (Å²) in [5, 5.41) is 7.45. The zero-order chi connectivity index (χ0) is 10.9. The Kier molecular flexibility index (Phi) is 6.11. The van der Waals surface area contributed by atoms with Crippen LogP contribution in [0.2, 0.25) is 0 Å². The molecule has 0 atom stereocenters. The molecule has 0 bridgehead atoms. The number of nitrogens with one attached hydrogen (secondary N) is 1. The Bertz CT molecular complexity index is 285. The summed E-state index contributed by atoms with van der Waals surface area (Å²) >= 11 is 1.88. The van der Waals surface area contributed by atoms with Crippen molar-refractivity contribution in [3.05, 3.63) is 24.8 Å². The van der Waals surface area contributed by atoms with E-state index in [2.05, 4.69) is 28.9 Å². The first-order valence-electron chi connectivity index (χ1n) is 5.14. The summed E-state index contributed by atoms with van der Waals surface area (Å²) in [5.41, 5.74) is 0. The van der Waals surface area contributed by atoms with Gasteiger partial charge in [0.15, 0.2) is 0 Å². The van der Waals surface area contributed by atoms with Gasteiger partial charge in [-0.05, 0) is 6.92 Å². The average molecular weight is 226 g/mol. The van der Waals surface area contributed by atoms with Crippen molar-refractivity contribution in [1.29, 1.82) is 0 Å². The van der Waals surface area contributed by atoms with Gasteiger partial charge in [-0.1, -0.05) is 6.08 Å². The first-order valence-corrected chi connectivity index (χ1v) is 6.30. The van der Waals surface area contributed by atoms with Crippen molar-refractivity contribution in [3.63, 3.8) is 0 Å². The topological polar surface area (TPSA) is 42.7 Å². The normalized spacial score (nSPS) is 10.5. The minimum absolute atomic E-state index is 0.794. The lowest BCUT2D eigenvalue weighted by Gasteiger charge is -2.04. The van der Waals surface area contributed by atoms with E-state index in [0.29, 0.717) is 0 Å². The molecule has 0 unspecified atom stereocenters. The summed E-state index contributed by atoms with van der Waals surface area (Å²) in [6.07, 6.45) is 3.53. The number of hydrogen-bond acceptors (Lipinski definition) is 4. The van der Waals surface area contributed by atoms with Gasteiger partial charge in [-0.15, -0.1) is 6.58 Å². The van der Waals surface area contributed by atoms with Crippen molar-refractivity contribution >= 4 is 11.8 Å². The van der Waals surface area contributed by atoms with Crippen molar-refractivity contribution in [3.8, 4) is 0 Å². The fraction of sp³-hybridized carbons (Fsp3) is 0.600. The van der Waals surface area contributed by atoms with E-state index in [-0.39, 0.29) is 0 Å². The summed E-state index contributed by atoms with van der Waals surface area (Å²) in [7, 11) is 0. The molecule has 5 heteroatoms. The Hall–Kier alpha value is -0.810. The van der Waals surface area contributed by atoms with Crippen LogP contribution in [-0.4, -0.2) is 32.8 Å². The van der Waals surface area contributed by atoms with Gasteiger partial charge in [-0.2, -0.15) is 16.9 Å². The van der Waals surface area contributed by atoms with Crippen molar-refractivity contribution in [2.45, 2.75) is 20.0 Å². The van der Waals surface area contributed by atoms with E-state index in [1.165, 1.54) is 0 Å². The minimum Gasteiger partial charge on any atom is -0.309 e. The Labute approximate surface area is 95.2 Å². The molecule has 4 nitrogen and oxygen atoms in total. The lowest BCUT2D eigenvalue weighted by atomic mass is 10.5. The number of aromatic nitrogens is 3. The molecule has 0 fully saturated rings. The quantitative estimate of drug-likeness (QED) is 0.536. The Morgan fingerprint density at radius 3 is 3.27 bits per heavy atom. The van der Waals surface area contributed by atoms with E-state index in [0.717, 1.165) is 37.0 Å². The molecule has 0 spiro atoms. The number of aryl methyl sites for hydroxylation is 1. The molecule has 1 aromatic rings. The zero-order valence-corrected chi connectivity index (χ0v) is 9.96. The monoisotopic (exact) mass is 226 g/mol. The maximum absolute atomic E-state index is 4.19. The highest BCUT2D eigenvalue weighted by molar-refractivity contribution is 7.99. The fourth-order valence-electron chi connectivity index (χ4n) is 1.20. The third-order valence-corrected chi connectivity index (χ3v) is 2.90. The average Bonchev–Trinajstić information content (AvgIpc) is 2.70. The van der Waals surface area contributed by atoms with Gasteiger partial charge in [0, 0.05) is 24.6 Å². The second kappa shape index (κ2) is 7.48. The van der Waals surface area contributed by atoms with E-state index in [1.807, 2.05) is 22.5 Å². The van der Waals surface area contributed by atoms with Crippen molar-refractivity contribution in [1.82, 2.24) is 20.1 Å². The molecule has 0 radical (unpaired) electrons. The zero-order valence-electron chi connectivity index (χ0n) is 9.15. The predicted molar refractivity (Wildman–Crippen MR) is 64.9 cm³/mol. The third kappa shape index (κ3) is 4.48. The molecule has 0 aliphatic heterocycles. The lowest BCUT2D eigenvalue weighted by Crippen LogP contribution is -2.19. The van der Waals surface area contributed by atoms with E-state index < -0.39 is 0 Å². The number of rotatable bonds is 8. The molecule has 1 heterocycles. The van der Waals surface area contributed by atoms with Crippen LogP contribution in [0.5, 0.6) is 0 Å². The molecular formula is C10H18N4S. The summed E-state index contributed by atoms with van der Waals surface area (Å²) in [6, 6.07) is 0. The molecule has 0 amide bonds. The van der Waals surface area contributed by atoms with Gasteiger partial charge in [0.05, 0.1) is 6.54 Å². The van der Waals surface area contributed by atoms with E-state index in [9.17, 15) is 0 Å². The van der Waals surface area contributed by atoms with Crippen LogP contribution in [0.1, 0.15) is 12.7 Å². The molecule has 0 saturated heterocycles.